The van der Waals surface area contributed by atoms with Crippen molar-refractivity contribution in [3.05, 3.63) is 69.5 Å². The molecule has 0 spiro atoms. The number of anilines is 1. The number of halogens is 2. The van der Waals surface area contributed by atoms with Gasteiger partial charge in [0.2, 0.25) is 5.91 Å². The largest absolute Gasteiger partial charge is 0.286 e. The van der Waals surface area contributed by atoms with E-state index in [9.17, 15) is 13.2 Å². The molecule has 4 aromatic rings. The minimum Gasteiger partial charge on any atom is -0.286 e. The Bertz CT molecular complexity index is 1510. The van der Waals surface area contributed by atoms with E-state index in [0.717, 1.165) is 27.2 Å². The van der Waals surface area contributed by atoms with Crippen molar-refractivity contribution in [1.82, 2.24) is 14.8 Å². The lowest BCUT2D eigenvalue weighted by Crippen LogP contribution is -2.34. The fourth-order valence-corrected chi connectivity index (χ4v) is 6.89. The van der Waals surface area contributed by atoms with Gasteiger partial charge in [-0.25, -0.2) is 13.4 Å². The molecule has 0 fully saturated rings. The van der Waals surface area contributed by atoms with E-state index in [4.69, 9.17) is 28.2 Å². The third-order valence-corrected chi connectivity index (χ3v) is 9.10. The Kier molecular flexibility index (Phi) is 8.04. The number of aryl methyl sites for hydroxylation is 3. The summed E-state index contributed by atoms with van der Waals surface area (Å²) in [6.07, 6.45) is 0.259. The summed E-state index contributed by atoms with van der Waals surface area (Å²) in [6, 6.07) is 11.7. The minimum atomic E-state index is -3.52. The number of thiazole rings is 1. The molecular weight excluding hydrogens is 539 g/mol. The number of benzene rings is 2. The molecule has 0 aliphatic carbocycles. The maximum atomic E-state index is 13.4. The molecule has 36 heavy (non-hydrogen) atoms. The fourth-order valence-electron chi connectivity index (χ4n) is 3.99. The molecule has 2 aromatic heterocycles. The van der Waals surface area contributed by atoms with Gasteiger partial charge in [-0.05, 0) is 75.2 Å². The Morgan fingerprint density at radius 1 is 1.06 bits per heavy atom. The van der Waals surface area contributed by atoms with E-state index < -0.39 is 9.84 Å². The minimum absolute atomic E-state index is 0.0690. The Morgan fingerprint density at radius 3 is 2.44 bits per heavy atom. The standard InChI is InChI=1S/C25H26Cl2N4O3S2/c1-16-13-20(27)15-22-24(16)28-25(35-22)30(10-11-31-18(3)14-17(2)29-31)23(32)5-4-12-36(33,34)21-8-6-19(26)7-9-21/h6-9,13-15H,4-5,10-12H2,1-3H3. The Morgan fingerprint density at radius 2 is 1.78 bits per heavy atom. The molecule has 4 rings (SSSR count). The third-order valence-electron chi connectivity index (χ3n) is 5.79. The second kappa shape index (κ2) is 10.9. The number of hydrogen-bond acceptors (Lipinski definition) is 6. The van der Waals surface area contributed by atoms with Gasteiger partial charge >= 0.3 is 0 Å². The van der Waals surface area contributed by atoms with Crippen LogP contribution in [0.3, 0.4) is 0 Å². The number of carbonyl (C=O) groups excluding carboxylic acids is 1. The molecule has 0 aliphatic rings. The molecular formula is C25H26Cl2N4O3S2. The summed E-state index contributed by atoms with van der Waals surface area (Å²) in [5.41, 5.74) is 3.64. The van der Waals surface area contributed by atoms with Crippen LogP contribution in [0.15, 0.2) is 47.4 Å². The molecule has 2 aromatic carbocycles. The molecule has 0 saturated heterocycles. The van der Waals surface area contributed by atoms with Gasteiger partial charge in [-0.1, -0.05) is 34.5 Å². The lowest BCUT2D eigenvalue weighted by atomic mass is 10.2. The van der Waals surface area contributed by atoms with Gasteiger partial charge in [0.05, 0.1) is 33.1 Å². The van der Waals surface area contributed by atoms with Crippen LogP contribution in [0.25, 0.3) is 10.2 Å². The number of sulfone groups is 1. The van der Waals surface area contributed by atoms with E-state index in [1.807, 2.05) is 43.7 Å². The average molecular weight is 566 g/mol. The van der Waals surface area contributed by atoms with Gasteiger partial charge in [0, 0.05) is 28.7 Å². The molecule has 2 heterocycles. The normalized spacial score (nSPS) is 11.8. The Labute approximate surface area is 224 Å². The second-order valence-electron chi connectivity index (χ2n) is 8.64. The summed E-state index contributed by atoms with van der Waals surface area (Å²) in [6.45, 7) is 6.67. The summed E-state index contributed by atoms with van der Waals surface area (Å²) in [4.78, 5) is 19.9. The molecule has 0 atom stereocenters. The maximum Gasteiger partial charge on any atom is 0.228 e. The van der Waals surface area contributed by atoms with Gasteiger partial charge in [0.15, 0.2) is 15.0 Å². The molecule has 0 radical (unpaired) electrons. The first-order chi connectivity index (χ1) is 17.0. The lowest BCUT2D eigenvalue weighted by Gasteiger charge is -2.20. The van der Waals surface area contributed by atoms with E-state index in [2.05, 4.69) is 5.10 Å². The average Bonchev–Trinajstić information content (AvgIpc) is 3.36. The van der Waals surface area contributed by atoms with Gasteiger partial charge in [0.1, 0.15) is 0 Å². The first-order valence-corrected chi connectivity index (χ1v) is 14.6. The quantitative estimate of drug-likeness (QED) is 0.248. The number of aromatic nitrogens is 3. The first-order valence-electron chi connectivity index (χ1n) is 11.4. The van der Waals surface area contributed by atoms with Crippen molar-refractivity contribution in [2.24, 2.45) is 0 Å². The van der Waals surface area contributed by atoms with Gasteiger partial charge in [-0.3, -0.25) is 14.4 Å². The zero-order valence-electron chi connectivity index (χ0n) is 20.2. The summed E-state index contributed by atoms with van der Waals surface area (Å²) in [5.74, 6) is -0.328. The highest BCUT2D eigenvalue weighted by Gasteiger charge is 2.22. The number of carbonyl (C=O) groups is 1. The summed E-state index contributed by atoms with van der Waals surface area (Å²) in [7, 11) is -3.52. The van der Waals surface area contributed by atoms with Crippen molar-refractivity contribution in [3.8, 4) is 0 Å². The predicted molar refractivity (Wildman–Crippen MR) is 146 cm³/mol. The van der Waals surface area contributed by atoms with Crippen LogP contribution in [0.5, 0.6) is 0 Å². The van der Waals surface area contributed by atoms with E-state index in [0.29, 0.717) is 28.3 Å². The number of amides is 1. The van der Waals surface area contributed by atoms with Gasteiger partial charge in [0.25, 0.3) is 0 Å². The number of hydrogen-bond donors (Lipinski definition) is 0. The summed E-state index contributed by atoms with van der Waals surface area (Å²) >= 11 is 13.5. The molecule has 0 N–H and O–H groups in total. The van der Waals surface area contributed by atoms with Crippen molar-refractivity contribution in [3.63, 3.8) is 0 Å². The van der Waals surface area contributed by atoms with E-state index in [1.165, 1.54) is 23.5 Å². The highest BCUT2D eigenvalue weighted by molar-refractivity contribution is 7.91. The summed E-state index contributed by atoms with van der Waals surface area (Å²) in [5, 5.41) is 6.13. The van der Waals surface area contributed by atoms with Crippen molar-refractivity contribution < 1.29 is 13.2 Å². The van der Waals surface area contributed by atoms with Crippen molar-refractivity contribution in [2.45, 2.75) is 45.1 Å². The van der Waals surface area contributed by atoms with Crippen LogP contribution in [0.2, 0.25) is 10.0 Å². The molecule has 1 amide bonds. The zero-order valence-corrected chi connectivity index (χ0v) is 23.3. The number of rotatable bonds is 9. The SMILES string of the molecule is Cc1cc(C)n(CCN(C(=O)CCCS(=O)(=O)c2ccc(Cl)cc2)c2nc3c(C)cc(Cl)cc3s2)n1. The van der Waals surface area contributed by atoms with Crippen molar-refractivity contribution in [1.29, 1.82) is 0 Å². The maximum absolute atomic E-state index is 13.4. The van der Waals surface area contributed by atoms with Crippen LogP contribution >= 0.6 is 34.5 Å². The van der Waals surface area contributed by atoms with Crippen LogP contribution in [0.1, 0.15) is 29.8 Å². The summed E-state index contributed by atoms with van der Waals surface area (Å²) < 4.78 is 28.1. The van der Waals surface area contributed by atoms with Crippen LogP contribution in [0, 0.1) is 20.8 Å². The highest BCUT2D eigenvalue weighted by Crippen LogP contribution is 2.33. The van der Waals surface area contributed by atoms with Crippen LogP contribution < -0.4 is 4.90 Å². The van der Waals surface area contributed by atoms with E-state index >= 15 is 0 Å². The smallest absolute Gasteiger partial charge is 0.228 e. The van der Waals surface area contributed by atoms with Gasteiger partial charge < -0.3 is 0 Å². The van der Waals surface area contributed by atoms with Crippen LogP contribution in [0.4, 0.5) is 5.13 Å². The van der Waals surface area contributed by atoms with Crippen LogP contribution in [-0.2, 0) is 21.2 Å². The molecule has 0 aliphatic heterocycles. The topological polar surface area (TPSA) is 85.2 Å². The Hall–Kier alpha value is -2.46. The fraction of sp³-hybridized carbons (Fsp3) is 0.320. The molecule has 0 saturated carbocycles. The van der Waals surface area contributed by atoms with E-state index in [-0.39, 0.29) is 29.4 Å². The third kappa shape index (κ3) is 6.08. The first kappa shape index (κ1) is 26.6. The second-order valence-corrected chi connectivity index (χ2v) is 12.6. The van der Waals surface area contributed by atoms with Gasteiger partial charge in [-0.15, -0.1) is 0 Å². The van der Waals surface area contributed by atoms with Crippen molar-refractivity contribution >= 4 is 65.6 Å². The number of nitrogens with zero attached hydrogens (tertiary/aromatic N) is 4. The molecule has 0 unspecified atom stereocenters. The van der Waals surface area contributed by atoms with Crippen LogP contribution in [-0.4, -0.2) is 41.4 Å². The Balaban J connectivity index is 1.53. The zero-order chi connectivity index (χ0) is 26.0. The monoisotopic (exact) mass is 564 g/mol. The highest BCUT2D eigenvalue weighted by atomic mass is 35.5. The molecule has 190 valence electrons. The molecule has 11 heteroatoms. The number of fused-ring (bicyclic) bond motifs is 1. The molecule has 0 bridgehead atoms. The predicted octanol–water partition coefficient (Wildman–Crippen LogP) is 6.01. The van der Waals surface area contributed by atoms with E-state index in [1.54, 1.807) is 17.0 Å². The van der Waals surface area contributed by atoms with Gasteiger partial charge in [-0.2, -0.15) is 5.10 Å². The molecule has 7 nitrogen and oxygen atoms in total. The lowest BCUT2D eigenvalue weighted by molar-refractivity contribution is -0.118. The van der Waals surface area contributed by atoms with Crippen molar-refractivity contribution in [2.75, 3.05) is 17.2 Å².